The molecule has 3 aliphatic rings. The molecule has 2 aliphatic heterocycles. The lowest BCUT2D eigenvalue weighted by molar-refractivity contribution is 0.0724. The van der Waals surface area contributed by atoms with E-state index in [1.54, 1.807) is 12.1 Å². The van der Waals surface area contributed by atoms with Gasteiger partial charge in [-0.05, 0) is 63.1 Å². The molecule has 2 heterocycles. The Morgan fingerprint density at radius 1 is 1.04 bits per heavy atom. The van der Waals surface area contributed by atoms with E-state index in [9.17, 15) is 4.79 Å². The summed E-state index contributed by atoms with van der Waals surface area (Å²) >= 11 is 6.55. The number of likely N-dealkylation sites (tertiary alicyclic amines) is 1. The molecule has 0 aromatic heterocycles. The average molecular weight is 403 g/mol. The van der Waals surface area contributed by atoms with Crippen LogP contribution in [0.15, 0.2) is 28.2 Å². The fourth-order valence-electron chi connectivity index (χ4n) is 4.58. The second-order valence-electron chi connectivity index (χ2n) is 7.84. The van der Waals surface area contributed by atoms with Crippen molar-refractivity contribution in [2.24, 2.45) is 21.5 Å². The summed E-state index contributed by atoms with van der Waals surface area (Å²) in [4.78, 5) is 25.5. The van der Waals surface area contributed by atoms with Crippen molar-refractivity contribution in [3.63, 3.8) is 0 Å². The third-order valence-corrected chi connectivity index (χ3v) is 6.25. The summed E-state index contributed by atoms with van der Waals surface area (Å²) in [6.45, 7) is 1.58. The summed E-state index contributed by atoms with van der Waals surface area (Å²) in [6, 6.07) is 5.48. The van der Waals surface area contributed by atoms with Crippen LogP contribution in [-0.4, -0.2) is 41.5 Å². The molecule has 1 amide bonds. The van der Waals surface area contributed by atoms with Gasteiger partial charge in [-0.3, -0.25) is 9.69 Å². The van der Waals surface area contributed by atoms with Crippen LogP contribution in [0.25, 0.3) is 0 Å². The number of benzene rings is 1. The van der Waals surface area contributed by atoms with Gasteiger partial charge in [0.05, 0.1) is 10.6 Å². The van der Waals surface area contributed by atoms with Gasteiger partial charge >= 0.3 is 0 Å². The molecule has 1 aromatic rings. The number of aliphatic imine (C=N–C) groups is 2. The molecule has 1 saturated heterocycles. The number of amides is 1. The van der Waals surface area contributed by atoms with Crippen molar-refractivity contribution >= 4 is 35.1 Å². The van der Waals surface area contributed by atoms with Crippen LogP contribution in [-0.2, 0) is 0 Å². The van der Waals surface area contributed by atoms with Gasteiger partial charge in [0.25, 0.3) is 5.91 Å². The second kappa shape index (κ2) is 7.62. The van der Waals surface area contributed by atoms with Gasteiger partial charge in [0.2, 0.25) is 11.9 Å². The van der Waals surface area contributed by atoms with Gasteiger partial charge in [0, 0.05) is 18.8 Å². The lowest BCUT2D eigenvalue weighted by Crippen LogP contribution is -2.58. The standard InChI is InChI=1S/C20H27ClN6O/c21-16-13-14(7-8-15(16)17(28)26-11-5-2-6-12-26)27-19(23)24-18(22)25-20(27)9-3-1-4-10-20/h7-8,13H,1-6,9-12H2,(H4,22,23,24,25). The molecule has 0 bridgehead atoms. The van der Waals surface area contributed by atoms with E-state index >= 15 is 0 Å². The predicted octanol–water partition coefficient (Wildman–Crippen LogP) is 3.08. The number of carbonyl (C=O) groups is 1. The van der Waals surface area contributed by atoms with E-state index in [0.717, 1.165) is 57.3 Å². The Balaban J connectivity index is 1.66. The number of guanidine groups is 2. The van der Waals surface area contributed by atoms with Gasteiger partial charge in [0.1, 0.15) is 5.66 Å². The van der Waals surface area contributed by atoms with E-state index in [-0.39, 0.29) is 11.9 Å². The van der Waals surface area contributed by atoms with E-state index in [4.69, 9.17) is 23.1 Å². The van der Waals surface area contributed by atoms with Gasteiger partial charge in [-0.2, -0.15) is 4.99 Å². The third-order valence-electron chi connectivity index (χ3n) is 5.94. The van der Waals surface area contributed by atoms with Crippen LogP contribution < -0.4 is 16.4 Å². The van der Waals surface area contributed by atoms with E-state index in [1.807, 2.05) is 15.9 Å². The molecule has 1 aromatic carbocycles. The van der Waals surface area contributed by atoms with Crippen molar-refractivity contribution in [3.05, 3.63) is 28.8 Å². The highest BCUT2D eigenvalue weighted by Crippen LogP contribution is 2.40. The minimum atomic E-state index is -0.518. The monoisotopic (exact) mass is 402 g/mol. The van der Waals surface area contributed by atoms with Crippen LogP contribution in [0.1, 0.15) is 61.7 Å². The van der Waals surface area contributed by atoms with Crippen molar-refractivity contribution in [1.82, 2.24) is 4.90 Å². The smallest absolute Gasteiger partial charge is 0.255 e. The van der Waals surface area contributed by atoms with Gasteiger partial charge < -0.3 is 16.4 Å². The van der Waals surface area contributed by atoms with E-state index in [1.165, 1.54) is 12.8 Å². The summed E-state index contributed by atoms with van der Waals surface area (Å²) in [5.74, 6) is 0.533. The number of nitrogens with two attached hydrogens (primary N) is 2. The van der Waals surface area contributed by atoms with Gasteiger partial charge in [-0.1, -0.05) is 18.0 Å². The molecule has 0 unspecified atom stereocenters. The minimum absolute atomic E-state index is 0.00817. The molecule has 0 radical (unpaired) electrons. The number of carbonyl (C=O) groups excluding carboxylic acids is 1. The van der Waals surface area contributed by atoms with Crippen LogP contribution in [0.4, 0.5) is 5.69 Å². The van der Waals surface area contributed by atoms with Crippen LogP contribution in [0.2, 0.25) is 5.02 Å². The number of rotatable bonds is 2. The van der Waals surface area contributed by atoms with Crippen molar-refractivity contribution in [3.8, 4) is 0 Å². The summed E-state index contributed by atoms with van der Waals surface area (Å²) < 4.78 is 0. The lowest BCUT2D eigenvalue weighted by atomic mass is 9.87. The first kappa shape index (κ1) is 19.1. The number of anilines is 1. The van der Waals surface area contributed by atoms with Crippen molar-refractivity contribution in [1.29, 1.82) is 0 Å². The SMILES string of the molecule is NC1=NC2(CCCCC2)N(c2ccc(C(=O)N3CCCCC3)c(Cl)c2)C(N)=N1. The van der Waals surface area contributed by atoms with Crippen LogP contribution in [0.5, 0.6) is 0 Å². The average Bonchev–Trinajstić information content (AvgIpc) is 2.68. The minimum Gasteiger partial charge on any atom is -0.369 e. The van der Waals surface area contributed by atoms with Crippen LogP contribution in [0.3, 0.4) is 0 Å². The van der Waals surface area contributed by atoms with Crippen LogP contribution in [0, 0.1) is 0 Å². The fourth-order valence-corrected chi connectivity index (χ4v) is 4.83. The van der Waals surface area contributed by atoms with Crippen molar-refractivity contribution < 1.29 is 4.79 Å². The zero-order valence-electron chi connectivity index (χ0n) is 16.0. The molecule has 28 heavy (non-hydrogen) atoms. The largest absolute Gasteiger partial charge is 0.369 e. The summed E-state index contributed by atoms with van der Waals surface area (Å²) in [5.41, 5.74) is 13.0. The van der Waals surface area contributed by atoms with Gasteiger partial charge in [-0.15, -0.1) is 0 Å². The van der Waals surface area contributed by atoms with E-state index in [0.29, 0.717) is 16.5 Å². The Morgan fingerprint density at radius 3 is 2.39 bits per heavy atom. The van der Waals surface area contributed by atoms with E-state index in [2.05, 4.69) is 9.98 Å². The Hall–Kier alpha value is -2.28. The summed E-state index contributed by atoms with van der Waals surface area (Å²) in [7, 11) is 0. The number of piperidine rings is 1. The maximum Gasteiger partial charge on any atom is 0.255 e. The predicted molar refractivity (Wildman–Crippen MR) is 113 cm³/mol. The Bertz CT molecular complexity index is 824. The highest BCUT2D eigenvalue weighted by Gasteiger charge is 2.42. The van der Waals surface area contributed by atoms with Crippen LogP contribution >= 0.6 is 11.6 Å². The molecular weight excluding hydrogens is 376 g/mol. The molecule has 4 rings (SSSR count). The first-order chi connectivity index (χ1) is 13.5. The molecule has 150 valence electrons. The van der Waals surface area contributed by atoms with Gasteiger partial charge in [-0.25, -0.2) is 4.99 Å². The molecule has 2 fully saturated rings. The number of halogens is 1. The normalized spacial score (nSPS) is 22.0. The number of hydrogen-bond donors (Lipinski definition) is 2. The highest BCUT2D eigenvalue weighted by molar-refractivity contribution is 6.34. The third kappa shape index (κ3) is 3.43. The summed E-state index contributed by atoms with van der Waals surface area (Å²) in [6.07, 6.45) is 8.27. The zero-order valence-corrected chi connectivity index (χ0v) is 16.8. The van der Waals surface area contributed by atoms with Crippen molar-refractivity contribution in [2.75, 3.05) is 18.0 Å². The fraction of sp³-hybridized carbons (Fsp3) is 0.550. The topological polar surface area (TPSA) is 100 Å². The zero-order chi connectivity index (χ0) is 19.7. The molecule has 1 saturated carbocycles. The summed E-state index contributed by atoms with van der Waals surface area (Å²) in [5, 5.41) is 0.425. The lowest BCUT2D eigenvalue weighted by Gasteiger charge is -2.45. The van der Waals surface area contributed by atoms with E-state index < -0.39 is 5.66 Å². The Morgan fingerprint density at radius 2 is 1.71 bits per heavy atom. The molecule has 1 aliphatic carbocycles. The van der Waals surface area contributed by atoms with Gasteiger partial charge in [0.15, 0.2) is 0 Å². The molecule has 1 spiro atoms. The molecule has 0 atom stereocenters. The highest BCUT2D eigenvalue weighted by atomic mass is 35.5. The first-order valence-electron chi connectivity index (χ1n) is 10.1. The molecule has 7 nitrogen and oxygen atoms in total. The van der Waals surface area contributed by atoms with Crippen molar-refractivity contribution in [2.45, 2.75) is 57.0 Å². The quantitative estimate of drug-likeness (QED) is 0.793. The first-order valence-corrected chi connectivity index (χ1v) is 10.5. The maximum atomic E-state index is 12.9. The number of nitrogens with zero attached hydrogens (tertiary/aromatic N) is 4. The number of hydrogen-bond acceptors (Lipinski definition) is 6. The second-order valence-corrected chi connectivity index (χ2v) is 8.24. The Kier molecular flexibility index (Phi) is 5.19. The molecule has 4 N–H and O–H groups in total. The molecular formula is C20H27ClN6O. The maximum absolute atomic E-state index is 12.9. The Labute approximate surface area is 170 Å². The molecule has 8 heteroatoms.